The minimum atomic E-state index is -0.538. The van der Waals surface area contributed by atoms with Crippen LogP contribution in [0, 0.1) is 0 Å². The van der Waals surface area contributed by atoms with Crippen molar-refractivity contribution in [2.45, 2.75) is 19.4 Å². The van der Waals surface area contributed by atoms with E-state index in [4.69, 9.17) is 9.84 Å². The average Bonchev–Trinajstić information content (AvgIpc) is 2.26. The van der Waals surface area contributed by atoms with Gasteiger partial charge in [-0.3, -0.25) is 4.79 Å². The first kappa shape index (κ1) is 10.7. The first-order valence-corrected chi connectivity index (χ1v) is 4.63. The van der Waals surface area contributed by atoms with Gasteiger partial charge in [-0.2, -0.15) is 0 Å². The molecule has 0 aliphatic heterocycles. The SMILES string of the molecule is CCC(=O)OC(CO)c1ccccc1. The molecule has 0 radical (unpaired) electrons. The van der Waals surface area contributed by atoms with Gasteiger partial charge in [0.15, 0.2) is 0 Å². The fourth-order valence-corrected chi connectivity index (χ4v) is 1.12. The van der Waals surface area contributed by atoms with Crippen LogP contribution in [0.2, 0.25) is 0 Å². The first-order valence-electron chi connectivity index (χ1n) is 4.63. The lowest BCUT2D eigenvalue weighted by Crippen LogP contribution is -2.13. The molecular formula is C11H14O3. The second kappa shape index (κ2) is 5.40. The van der Waals surface area contributed by atoms with Crippen LogP contribution in [0.4, 0.5) is 0 Å². The summed E-state index contributed by atoms with van der Waals surface area (Å²) in [4.78, 5) is 11.0. The number of ether oxygens (including phenoxy) is 1. The first-order chi connectivity index (χ1) is 6.77. The van der Waals surface area contributed by atoms with Crippen molar-refractivity contribution in [3.05, 3.63) is 35.9 Å². The minimum absolute atomic E-state index is 0.185. The standard InChI is InChI=1S/C11H14O3/c1-2-11(13)14-10(8-12)9-6-4-3-5-7-9/h3-7,10,12H,2,8H2,1H3. The Balaban J connectivity index is 2.68. The predicted molar refractivity (Wildman–Crippen MR) is 52.7 cm³/mol. The summed E-state index contributed by atoms with van der Waals surface area (Å²) in [6, 6.07) is 9.21. The number of benzene rings is 1. The number of rotatable bonds is 4. The highest BCUT2D eigenvalue weighted by molar-refractivity contribution is 5.69. The maximum absolute atomic E-state index is 11.0. The Labute approximate surface area is 83.3 Å². The third-order valence-electron chi connectivity index (χ3n) is 1.90. The van der Waals surface area contributed by atoms with Crippen LogP contribution in [0.15, 0.2) is 30.3 Å². The zero-order valence-electron chi connectivity index (χ0n) is 8.14. The normalized spacial score (nSPS) is 12.1. The molecule has 76 valence electrons. The van der Waals surface area contributed by atoms with E-state index >= 15 is 0 Å². The third kappa shape index (κ3) is 2.85. The van der Waals surface area contributed by atoms with Crippen molar-refractivity contribution in [2.24, 2.45) is 0 Å². The number of carbonyl (C=O) groups is 1. The molecule has 0 saturated heterocycles. The van der Waals surface area contributed by atoms with Gasteiger partial charge in [0.1, 0.15) is 6.10 Å². The lowest BCUT2D eigenvalue weighted by Gasteiger charge is -2.14. The van der Waals surface area contributed by atoms with E-state index in [1.54, 1.807) is 6.92 Å². The highest BCUT2D eigenvalue weighted by Crippen LogP contribution is 2.16. The minimum Gasteiger partial charge on any atom is -0.455 e. The van der Waals surface area contributed by atoms with Gasteiger partial charge in [-0.15, -0.1) is 0 Å². The molecule has 3 nitrogen and oxygen atoms in total. The molecule has 1 aromatic rings. The van der Waals surface area contributed by atoms with Gasteiger partial charge in [0.05, 0.1) is 6.61 Å². The largest absolute Gasteiger partial charge is 0.455 e. The number of hydrogen-bond donors (Lipinski definition) is 1. The van der Waals surface area contributed by atoms with Gasteiger partial charge in [0.2, 0.25) is 0 Å². The Bertz CT molecular complexity index is 282. The summed E-state index contributed by atoms with van der Waals surface area (Å²) >= 11 is 0. The fourth-order valence-electron chi connectivity index (χ4n) is 1.12. The van der Waals surface area contributed by atoms with Gasteiger partial charge in [0, 0.05) is 6.42 Å². The Hall–Kier alpha value is -1.35. The summed E-state index contributed by atoms with van der Waals surface area (Å²) in [5, 5.41) is 9.05. The van der Waals surface area contributed by atoms with Crippen molar-refractivity contribution < 1.29 is 14.6 Å². The van der Waals surface area contributed by atoms with Gasteiger partial charge >= 0.3 is 5.97 Å². The molecule has 0 amide bonds. The maximum Gasteiger partial charge on any atom is 0.306 e. The zero-order chi connectivity index (χ0) is 10.4. The fraction of sp³-hybridized carbons (Fsp3) is 0.364. The predicted octanol–water partition coefficient (Wildman–Crippen LogP) is 1.67. The molecule has 0 bridgehead atoms. The molecule has 0 saturated carbocycles. The van der Waals surface area contributed by atoms with Crippen LogP contribution in [-0.2, 0) is 9.53 Å². The molecule has 0 heterocycles. The molecule has 0 aliphatic carbocycles. The molecule has 0 fully saturated rings. The van der Waals surface area contributed by atoms with Crippen molar-refractivity contribution in [1.82, 2.24) is 0 Å². The molecule has 1 N–H and O–H groups in total. The maximum atomic E-state index is 11.0. The number of hydrogen-bond acceptors (Lipinski definition) is 3. The van der Waals surface area contributed by atoms with Gasteiger partial charge < -0.3 is 9.84 Å². The highest BCUT2D eigenvalue weighted by atomic mass is 16.5. The number of aliphatic hydroxyl groups is 1. The van der Waals surface area contributed by atoms with Crippen LogP contribution in [0.1, 0.15) is 25.0 Å². The van der Waals surface area contributed by atoms with Gasteiger partial charge in [-0.05, 0) is 5.56 Å². The van der Waals surface area contributed by atoms with E-state index in [1.807, 2.05) is 30.3 Å². The van der Waals surface area contributed by atoms with Crippen LogP contribution in [-0.4, -0.2) is 17.7 Å². The van der Waals surface area contributed by atoms with E-state index < -0.39 is 6.10 Å². The molecule has 1 rings (SSSR count). The Morgan fingerprint density at radius 1 is 1.43 bits per heavy atom. The van der Waals surface area contributed by atoms with Crippen LogP contribution in [0.25, 0.3) is 0 Å². The monoisotopic (exact) mass is 194 g/mol. The summed E-state index contributed by atoms with van der Waals surface area (Å²) in [5.74, 6) is -0.298. The second-order valence-electron chi connectivity index (χ2n) is 2.93. The molecular weight excluding hydrogens is 180 g/mol. The Morgan fingerprint density at radius 2 is 2.07 bits per heavy atom. The van der Waals surface area contributed by atoms with Gasteiger partial charge in [-0.25, -0.2) is 0 Å². The molecule has 14 heavy (non-hydrogen) atoms. The zero-order valence-corrected chi connectivity index (χ0v) is 8.14. The van der Waals surface area contributed by atoms with E-state index in [-0.39, 0.29) is 12.6 Å². The Morgan fingerprint density at radius 3 is 2.57 bits per heavy atom. The summed E-state index contributed by atoms with van der Waals surface area (Å²) < 4.78 is 5.05. The van der Waals surface area contributed by atoms with Crippen molar-refractivity contribution in [3.8, 4) is 0 Å². The quantitative estimate of drug-likeness (QED) is 0.742. The molecule has 0 aromatic heterocycles. The van der Waals surface area contributed by atoms with Crippen LogP contribution < -0.4 is 0 Å². The van der Waals surface area contributed by atoms with Crippen LogP contribution in [0.5, 0.6) is 0 Å². The van der Waals surface area contributed by atoms with Crippen molar-refractivity contribution in [3.63, 3.8) is 0 Å². The Kier molecular flexibility index (Phi) is 4.13. The molecule has 1 aromatic carbocycles. The molecule has 1 atom stereocenters. The average molecular weight is 194 g/mol. The topological polar surface area (TPSA) is 46.5 Å². The van der Waals surface area contributed by atoms with Crippen LogP contribution in [0.3, 0.4) is 0 Å². The molecule has 3 heteroatoms. The van der Waals surface area contributed by atoms with Crippen molar-refractivity contribution in [1.29, 1.82) is 0 Å². The second-order valence-corrected chi connectivity index (χ2v) is 2.93. The van der Waals surface area contributed by atoms with E-state index in [1.165, 1.54) is 0 Å². The number of aliphatic hydroxyl groups excluding tert-OH is 1. The molecule has 1 unspecified atom stereocenters. The van der Waals surface area contributed by atoms with E-state index in [0.717, 1.165) is 5.56 Å². The summed E-state index contributed by atoms with van der Waals surface area (Å²) in [6.07, 6.45) is -0.216. The van der Waals surface area contributed by atoms with E-state index in [2.05, 4.69) is 0 Å². The lowest BCUT2D eigenvalue weighted by molar-refractivity contribution is -0.151. The smallest absolute Gasteiger partial charge is 0.306 e. The highest BCUT2D eigenvalue weighted by Gasteiger charge is 2.13. The summed E-state index contributed by atoms with van der Waals surface area (Å²) in [6.45, 7) is 1.54. The number of carbonyl (C=O) groups excluding carboxylic acids is 1. The summed E-state index contributed by atoms with van der Waals surface area (Å²) in [5.41, 5.74) is 0.816. The van der Waals surface area contributed by atoms with Crippen molar-refractivity contribution in [2.75, 3.05) is 6.61 Å². The van der Waals surface area contributed by atoms with Crippen LogP contribution >= 0.6 is 0 Å². The van der Waals surface area contributed by atoms with E-state index in [9.17, 15) is 4.79 Å². The lowest BCUT2D eigenvalue weighted by atomic mass is 10.1. The number of esters is 1. The van der Waals surface area contributed by atoms with E-state index in [0.29, 0.717) is 6.42 Å². The molecule has 0 spiro atoms. The summed E-state index contributed by atoms with van der Waals surface area (Å²) in [7, 11) is 0. The van der Waals surface area contributed by atoms with Crippen molar-refractivity contribution >= 4 is 5.97 Å². The van der Waals surface area contributed by atoms with Gasteiger partial charge in [0.25, 0.3) is 0 Å². The third-order valence-corrected chi connectivity index (χ3v) is 1.90. The van der Waals surface area contributed by atoms with Gasteiger partial charge in [-0.1, -0.05) is 37.3 Å². The molecule has 0 aliphatic rings.